The SMILES string of the molecule is CCOc1cc(C)c(CN2CC(N)C(O)C2)cc1C(C)C. The summed E-state index contributed by atoms with van der Waals surface area (Å²) in [5, 5.41) is 9.79. The van der Waals surface area contributed by atoms with Crippen molar-refractivity contribution in [2.24, 2.45) is 5.73 Å². The van der Waals surface area contributed by atoms with Crippen LogP contribution in [0.1, 0.15) is 43.4 Å². The summed E-state index contributed by atoms with van der Waals surface area (Å²) >= 11 is 0. The predicted molar refractivity (Wildman–Crippen MR) is 85.7 cm³/mol. The van der Waals surface area contributed by atoms with Crippen molar-refractivity contribution in [3.05, 3.63) is 28.8 Å². The third-order valence-electron chi connectivity index (χ3n) is 4.19. The number of ether oxygens (including phenoxy) is 1. The molecule has 0 amide bonds. The first-order valence-electron chi connectivity index (χ1n) is 7.84. The van der Waals surface area contributed by atoms with Gasteiger partial charge < -0.3 is 15.6 Å². The number of aliphatic hydroxyl groups excluding tert-OH is 1. The number of aliphatic hydroxyl groups is 1. The van der Waals surface area contributed by atoms with Crippen LogP contribution < -0.4 is 10.5 Å². The molecule has 0 aliphatic carbocycles. The second kappa shape index (κ2) is 6.77. The molecule has 0 radical (unpaired) electrons. The molecule has 1 saturated heterocycles. The van der Waals surface area contributed by atoms with Gasteiger partial charge in [-0.15, -0.1) is 0 Å². The van der Waals surface area contributed by atoms with Gasteiger partial charge in [-0.1, -0.05) is 19.9 Å². The van der Waals surface area contributed by atoms with Crippen LogP contribution in [-0.4, -0.2) is 41.8 Å². The van der Waals surface area contributed by atoms with E-state index < -0.39 is 6.10 Å². The summed E-state index contributed by atoms with van der Waals surface area (Å²) in [7, 11) is 0. The highest BCUT2D eigenvalue weighted by molar-refractivity contribution is 5.44. The molecule has 1 aromatic rings. The molecule has 1 fully saturated rings. The summed E-state index contributed by atoms with van der Waals surface area (Å²) in [6.45, 7) is 11.4. The topological polar surface area (TPSA) is 58.7 Å². The number of β-amino-alcohol motifs (C(OH)–C–C–N with tert-alkyl or cyclic N) is 1. The van der Waals surface area contributed by atoms with Crippen molar-refractivity contribution >= 4 is 0 Å². The molecule has 2 atom stereocenters. The largest absolute Gasteiger partial charge is 0.494 e. The van der Waals surface area contributed by atoms with Crippen molar-refractivity contribution in [3.63, 3.8) is 0 Å². The molecule has 1 aromatic carbocycles. The van der Waals surface area contributed by atoms with Crippen LogP contribution in [0.25, 0.3) is 0 Å². The molecule has 2 unspecified atom stereocenters. The monoisotopic (exact) mass is 292 g/mol. The zero-order chi connectivity index (χ0) is 15.6. The van der Waals surface area contributed by atoms with E-state index in [1.807, 2.05) is 6.92 Å². The standard InChI is InChI=1S/C17H28N2O2/c1-5-21-17-6-12(4)13(7-14(17)11(2)3)8-19-9-15(18)16(20)10-19/h6-7,11,15-16,20H,5,8-10,18H2,1-4H3. The van der Waals surface area contributed by atoms with Gasteiger partial charge in [0.2, 0.25) is 0 Å². The summed E-state index contributed by atoms with van der Waals surface area (Å²) in [4.78, 5) is 2.22. The van der Waals surface area contributed by atoms with Crippen LogP contribution in [0.5, 0.6) is 5.75 Å². The fourth-order valence-corrected chi connectivity index (χ4v) is 2.91. The highest BCUT2D eigenvalue weighted by Crippen LogP contribution is 2.30. The predicted octanol–water partition coefficient (Wildman–Crippen LogP) is 2.02. The van der Waals surface area contributed by atoms with Gasteiger partial charge in [0.15, 0.2) is 0 Å². The van der Waals surface area contributed by atoms with Crippen LogP contribution in [0.2, 0.25) is 0 Å². The molecular weight excluding hydrogens is 264 g/mol. The van der Waals surface area contributed by atoms with Crippen LogP contribution >= 0.6 is 0 Å². The number of hydrogen-bond acceptors (Lipinski definition) is 4. The molecule has 4 heteroatoms. The molecule has 3 N–H and O–H groups in total. The Hall–Kier alpha value is -1.10. The first-order valence-corrected chi connectivity index (χ1v) is 7.84. The summed E-state index contributed by atoms with van der Waals surface area (Å²) in [5.41, 5.74) is 9.67. The van der Waals surface area contributed by atoms with Crippen molar-refractivity contribution in [2.75, 3.05) is 19.7 Å². The van der Waals surface area contributed by atoms with Gasteiger partial charge in [0.1, 0.15) is 5.75 Å². The van der Waals surface area contributed by atoms with E-state index in [1.165, 1.54) is 16.7 Å². The van der Waals surface area contributed by atoms with E-state index >= 15 is 0 Å². The Bertz CT molecular complexity index is 478. The number of benzene rings is 1. The first kappa shape index (κ1) is 16.3. The number of aryl methyl sites for hydroxylation is 1. The van der Waals surface area contributed by atoms with E-state index in [1.54, 1.807) is 0 Å². The van der Waals surface area contributed by atoms with Crippen molar-refractivity contribution in [3.8, 4) is 5.75 Å². The minimum Gasteiger partial charge on any atom is -0.494 e. The minimum atomic E-state index is -0.405. The lowest BCUT2D eigenvalue weighted by molar-refractivity contribution is 0.164. The van der Waals surface area contributed by atoms with Crippen molar-refractivity contribution < 1.29 is 9.84 Å². The molecule has 1 heterocycles. The van der Waals surface area contributed by atoms with E-state index in [2.05, 4.69) is 37.8 Å². The smallest absolute Gasteiger partial charge is 0.123 e. The van der Waals surface area contributed by atoms with E-state index in [9.17, 15) is 5.11 Å². The van der Waals surface area contributed by atoms with Gasteiger partial charge in [0.25, 0.3) is 0 Å². The van der Waals surface area contributed by atoms with Gasteiger partial charge in [-0.05, 0) is 42.5 Å². The zero-order valence-electron chi connectivity index (χ0n) is 13.6. The Balaban J connectivity index is 2.21. The Kier molecular flexibility index (Phi) is 5.25. The molecule has 118 valence electrons. The van der Waals surface area contributed by atoms with E-state index in [0.717, 1.165) is 18.8 Å². The molecule has 2 rings (SSSR count). The van der Waals surface area contributed by atoms with E-state index in [4.69, 9.17) is 10.5 Å². The van der Waals surface area contributed by atoms with Crippen molar-refractivity contribution in [2.45, 2.75) is 52.3 Å². The van der Waals surface area contributed by atoms with Gasteiger partial charge >= 0.3 is 0 Å². The molecule has 1 aliphatic heterocycles. The minimum absolute atomic E-state index is 0.127. The normalized spacial score (nSPS) is 23.0. The first-order chi connectivity index (χ1) is 9.92. The second-order valence-corrected chi connectivity index (χ2v) is 6.33. The van der Waals surface area contributed by atoms with Gasteiger partial charge in [-0.2, -0.15) is 0 Å². The Labute approximate surface area is 127 Å². The summed E-state index contributed by atoms with van der Waals surface area (Å²) in [6.07, 6.45) is -0.405. The second-order valence-electron chi connectivity index (χ2n) is 6.33. The lowest BCUT2D eigenvalue weighted by Crippen LogP contribution is -2.32. The van der Waals surface area contributed by atoms with Crippen LogP contribution in [-0.2, 0) is 6.54 Å². The molecular formula is C17H28N2O2. The third-order valence-corrected chi connectivity index (χ3v) is 4.19. The molecule has 0 saturated carbocycles. The summed E-state index contributed by atoms with van der Waals surface area (Å²) < 4.78 is 5.76. The van der Waals surface area contributed by atoms with E-state index in [-0.39, 0.29) is 6.04 Å². The number of likely N-dealkylation sites (tertiary alicyclic amines) is 1. The maximum atomic E-state index is 9.79. The number of hydrogen-bond donors (Lipinski definition) is 2. The maximum absolute atomic E-state index is 9.79. The van der Waals surface area contributed by atoms with Gasteiger partial charge in [0, 0.05) is 25.7 Å². The highest BCUT2D eigenvalue weighted by atomic mass is 16.5. The molecule has 0 spiro atoms. The fourth-order valence-electron chi connectivity index (χ4n) is 2.91. The maximum Gasteiger partial charge on any atom is 0.123 e. The van der Waals surface area contributed by atoms with Gasteiger partial charge in [-0.25, -0.2) is 0 Å². The quantitative estimate of drug-likeness (QED) is 0.872. The number of nitrogens with zero attached hydrogens (tertiary/aromatic N) is 1. The van der Waals surface area contributed by atoms with Gasteiger partial charge in [-0.3, -0.25) is 4.90 Å². The van der Waals surface area contributed by atoms with E-state index in [0.29, 0.717) is 19.1 Å². The lowest BCUT2D eigenvalue weighted by Gasteiger charge is -2.20. The summed E-state index contributed by atoms with van der Waals surface area (Å²) in [5.74, 6) is 1.42. The molecule has 0 aromatic heterocycles. The number of nitrogens with two attached hydrogens (primary N) is 1. The van der Waals surface area contributed by atoms with Crippen molar-refractivity contribution in [1.82, 2.24) is 4.90 Å². The summed E-state index contributed by atoms with van der Waals surface area (Å²) in [6, 6.07) is 4.26. The Morgan fingerprint density at radius 3 is 2.62 bits per heavy atom. The van der Waals surface area contributed by atoms with Crippen LogP contribution in [0.4, 0.5) is 0 Å². The van der Waals surface area contributed by atoms with Crippen LogP contribution in [0.3, 0.4) is 0 Å². The lowest BCUT2D eigenvalue weighted by atomic mass is 9.96. The Morgan fingerprint density at radius 1 is 1.38 bits per heavy atom. The zero-order valence-corrected chi connectivity index (χ0v) is 13.6. The molecule has 4 nitrogen and oxygen atoms in total. The Morgan fingerprint density at radius 2 is 2.10 bits per heavy atom. The molecule has 1 aliphatic rings. The highest BCUT2D eigenvalue weighted by Gasteiger charge is 2.28. The number of rotatable bonds is 5. The molecule has 21 heavy (non-hydrogen) atoms. The average molecular weight is 292 g/mol. The van der Waals surface area contributed by atoms with Crippen molar-refractivity contribution in [1.29, 1.82) is 0 Å². The average Bonchev–Trinajstić information content (AvgIpc) is 2.71. The van der Waals surface area contributed by atoms with Gasteiger partial charge in [0.05, 0.1) is 12.7 Å². The molecule has 0 bridgehead atoms. The van der Waals surface area contributed by atoms with Crippen LogP contribution in [0.15, 0.2) is 12.1 Å². The fraction of sp³-hybridized carbons (Fsp3) is 0.647. The van der Waals surface area contributed by atoms with Crippen LogP contribution in [0, 0.1) is 6.92 Å². The third kappa shape index (κ3) is 3.76.